The van der Waals surface area contributed by atoms with E-state index >= 15 is 0 Å². The van der Waals surface area contributed by atoms with Crippen LogP contribution in [0, 0.1) is 23.7 Å². The van der Waals surface area contributed by atoms with Gasteiger partial charge in [0.15, 0.2) is 0 Å². The Morgan fingerprint density at radius 2 is 1.27 bits per heavy atom. The van der Waals surface area contributed by atoms with Gasteiger partial charge >= 0.3 is 0 Å². The minimum Gasteiger partial charge on any atom is -0.0654 e. The molecule has 3 atom stereocenters. The van der Waals surface area contributed by atoms with E-state index in [1.54, 1.807) is 0 Å². The van der Waals surface area contributed by atoms with Crippen molar-refractivity contribution < 1.29 is 0 Å². The standard InChI is InChI=1S/C15H32/c1-7-10-13(6)15(11-8-2)14(9-3)12(4)5/h12-15H,7-11H2,1-6H3. The van der Waals surface area contributed by atoms with Crippen LogP contribution in [0.2, 0.25) is 0 Å². The van der Waals surface area contributed by atoms with Gasteiger partial charge in [-0.3, -0.25) is 0 Å². The molecule has 0 heterocycles. The van der Waals surface area contributed by atoms with Gasteiger partial charge in [-0.15, -0.1) is 0 Å². The Kier molecular flexibility index (Phi) is 8.19. The van der Waals surface area contributed by atoms with Crippen molar-refractivity contribution in [3.63, 3.8) is 0 Å². The topological polar surface area (TPSA) is 0 Å². The normalized spacial score (nSPS) is 17.8. The minimum absolute atomic E-state index is 0.853. The van der Waals surface area contributed by atoms with Crippen molar-refractivity contribution in [2.45, 2.75) is 73.6 Å². The van der Waals surface area contributed by atoms with Crippen molar-refractivity contribution in [1.82, 2.24) is 0 Å². The molecule has 0 aliphatic carbocycles. The van der Waals surface area contributed by atoms with Crippen molar-refractivity contribution in [3.8, 4) is 0 Å². The highest BCUT2D eigenvalue weighted by atomic mass is 14.3. The predicted molar refractivity (Wildman–Crippen MR) is 71.1 cm³/mol. The lowest BCUT2D eigenvalue weighted by Gasteiger charge is -2.34. The molecule has 0 fully saturated rings. The first-order valence-corrected chi connectivity index (χ1v) is 7.08. The molecule has 15 heavy (non-hydrogen) atoms. The van der Waals surface area contributed by atoms with Crippen LogP contribution in [0.25, 0.3) is 0 Å². The van der Waals surface area contributed by atoms with Crippen LogP contribution in [0.4, 0.5) is 0 Å². The zero-order valence-corrected chi connectivity index (χ0v) is 11.8. The predicted octanol–water partition coefficient (Wildman–Crippen LogP) is 5.52. The molecular formula is C15H32. The first kappa shape index (κ1) is 15.0. The molecule has 0 aromatic rings. The molecule has 0 saturated carbocycles. The Hall–Kier alpha value is 0. The summed E-state index contributed by atoms with van der Waals surface area (Å²) in [6, 6.07) is 0. The summed E-state index contributed by atoms with van der Waals surface area (Å²) in [5, 5.41) is 0. The van der Waals surface area contributed by atoms with Gasteiger partial charge in [0, 0.05) is 0 Å². The highest BCUT2D eigenvalue weighted by molar-refractivity contribution is 4.76. The maximum absolute atomic E-state index is 2.47. The fourth-order valence-electron chi connectivity index (χ4n) is 3.19. The lowest BCUT2D eigenvalue weighted by atomic mass is 9.72. The molecular weight excluding hydrogens is 180 g/mol. The Bertz CT molecular complexity index is 137. The van der Waals surface area contributed by atoms with Crippen molar-refractivity contribution in [3.05, 3.63) is 0 Å². The Morgan fingerprint density at radius 1 is 0.733 bits per heavy atom. The van der Waals surface area contributed by atoms with E-state index in [0.29, 0.717) is 0 Å². The highest BCUT2D eigenvalue weighted by Crippen LogP contribution is 2.35. The van der Waals surface area contributed by atoms with Crippen LogP contribution >= 0.6 is 0 Å². The first-order chi connectivity index (χ1) is 7.08. The molecule has 0 nitrogen and oxygen atoms in total. The summed E-state index contributed by atoms with van der Waals surface area (Å²) in [5.74, 6) is 3.67. The molecule has 0 radical (unpaired) electrons. The van der Waals surface area contributed by atoms with E-state index < -0.39 is 0 Å². The molecule has 0 saturated heterocycles. The molecule has 0 bridgehead atoms. The van der Waals surface area contributed by atoms with Gasteiger partial charge in [0.05, 0.1) is 0 Å². The maximum Gasteiger partial charge on any atom is -0.0358 e. The van der Waals surface area contributed by atoms with Gasteiger partial charge < -0.3 is 0 Å². The largest absolute Gasteiger partial charge is 0.0654 e. The average Bonchev–Trinajstić information content (AvgIpc) is 2.17. The molecule has 0 aliphatic heterocycles. The molecule has 3 unspecified atom stereocenters. The van der Waals surface area contributed by atoms with Gasteiger partial charge in [0.2, 0.25) is 0 Å². The second-order valence-electron chi connectivity index (χ2n) is 5.53. The van der Waals surface area contributed by atoms with Crippen LogP contribution < -0.4 is 0 Å². The van der Waals surface area contributed by atoms with E-state index in [2.05, 4.69) is 41.5 Å². The van der Waals surface area contributed by atoms with E-state index in [0.717, 1.165) is 23.7 Å². The molecule has 92 valence electrons. The van der Waals surface area contributed by atoms with Gasteiger partial charge in [-0.1, -0.05) is 73.6 Å². The monoisotopic (exact) mass is 212 g/mol. The van der Waals surface area contributed by atoms with Gasteiger partial charge in [-0.05, 0) is 23.7 Å². The molecule has 0 heteroatoms. The summed E-state index contributed by atoms with van der Waals surface area (Å²) in [7, 11) is 0. The SMILES string of the molecule is CCCC(C)C(CCC)C(CC)C(C)C. The van der Waals surface area contributed by atoms with E-state index in [1.807, 2.05) is 0 Å². The van der Waals surface area contributed by atoms with Crippen molar-refractivity contribution in [2.24, 2.45) is 23.7 Å². The molecule has 0 rings (SSSR count). The van der Waals surface area contributed by atoms with E-state index in [4.69, 9.17) is 0 Å². The quantitative estimate of drug-likeness (QED) is 0.497. The number of hydrogen-bond donors (Lipinski definition) is 0. The van der Waals surface area contributed by atoms with Gasteiger partial charge in [0.1, 0.15) is 0 Å². The summed E-state index contributed by atoms with van der Waals surface area (Å²) >= 11 is 0. The molecule has 0 aliphatic rings. The summed E-state index contributed by atoms with van der Waals surface area (Å²) in [6.45, 7) is 14.3. The van der Waals surface area contributed by atoms with Gasteiger partial charge in [0.25, 0.3) is 0 Å². The molecule has 0 aromatic heterocycles. The minimum atomic E-state index is 0.853. The van der Waals surface area contributed by atoms with Crippen molar-refractivity contribution in [1.29, 1.82) is 0 Å². The second-order valence-corrected chi connectivity index (χ2v) is 5.53. The van der Waals surface area contributed by atoms with E-state index in [9.17, 15) is 0 Å². The Labute approximate surface area is 97.8 Å². The zero-order chi connectivity index (χ0) is 11.8. The fraction of sp³-hybridized carbons (Fsp3) is 1.00. The van der Waals surface area contributed by atoms with Crippen LogP contribution in [0.1, 0.15) is 73.6 Å². The van der Waals surface area contributed by atoms with Gasteiger partial charge in [-0.25, -0.2) is 0 Å². The Balaban J connectivity index is 4.45. The molecule has 0 spiro atoms. The third-order valence-corrected chi connectivity index (χ3v) is 3.97. The van der Waals surface area contributed by atoms with Crippen molar-refractivity contribution in [2.75, 3.05) is 0 Å². The number of hydrogen-bond acceptors (Lipinski definition) is 0. The van der Waals surface area contributed by atoms with E-state index in [-0.39, 0.29) is 0 Å². The molecule has 0 aromatic carbocycles. The summed E-state index contributed by atoms with van der Waals surface area (Å²) in [6.07, 6.45) is 6.89. The molecule has 0 N–H and O–H groups in total. The van der Waals surface area contributed by atoms with Gasteiger partial charge in [-0.2, -0.15) is 0 Å². The first-order valence-electron chi connectivity index (χ1n) is 7.08. The third-order valence-electron chi connectivity index (χ3n) is 3.97. The summed E-state index contributed by atoms with van der Waals surface area (Å²) < 4.78 is 0. The highest BCUT2D eigenvalue weighted by Gasteiger charge is 2.26. The lowest BCUT2D eigenvalue weighted by molar-refractivity contribution is 0.161. The second kappa shape index (κ2) is 8.19. The van der Waals surface area contributed by atoms with E-state index in [1.165, 1.54) is 32.1 Å². The van der Waals surface area contributed by atoms with Crippen LogP contribution in [-0.4, -0.2) is 0 Å². The van der Waals surface area contributed by atoms with Crippen LogP contribution in [0.3, 0.4) is 0 Å². The van der Waals surface area contributed by atoms with Crippen LogP contribution in [-0.2, 0) is 0 Å². The maximum atomic E-state index is 2.47. The summed E-state index contributed by atoms with van der Waals surface area (Å²) in [4.78, 5) is 0. The zero-order valence-electron chi connectivity index (χ0n) is 11.8. The fourth-order valence-corrected chi connectivity index (χ4v) is 3.19. The van der Waals surface area contributed by atoms with Crippen LogP contribution in [0.15, 0.2) is 0 Å². The summed E-state index contributed by atoms with van der Waals surface area (Å²) in [5.41, 5.74) is 0. The third kappa shape index (κ3) is 5.04. The Morgan fingerprint density at radius 3 is 1.60 bits per heavy atom. The molecule has 0 amide bonds. The smallest absolute Gasteiger partial charge is 0.0358 e. The average molecular weight is 212 g/mol. The van der Waals surface area contributed by atoms with Crippen molar-refractivity contribution >= 4 is 0 Å². The van der Waals surface area contributed by atoms with Crippen LogP contribution in [0.5, 0.6) is 0 Å². The lowest BCUT2D eigenvalue weighted by Crippen LogP contribution is -2.25. The number of rotatable bonds is 8.